The van der Waals surface area contributed by atoms with Gasteiger partial charge in [0.15, 0.2) is 5.51 Å². The molecule has 0 saturated heterocycles. The first kappa shape index (κ1) is 9.85. The van der Waals surface area contributed by atoms with Crippen molar-refractivity contribution in [2.45, 2.75) is 6.92 Å². The fraction of sp³-hybridized carbons (Fsp3) is 0.222. The number of rotatable bonds is 2. The molecule has 2 rings (SSSR count). The van der Waals surface area contributed by atoms with E-state index in [1.54, 1.807) is 5.01 Å². The number of hydrogen-bond acceptors (Lipinski definition) is 5. The van der Waals surface area contributed by atoms with Gasteiger partial charge in [0.25, 0.3) is 0 Å². The first-order valence-electron chi connectivity index (χ1n) is 4.39. The van der Waals surface area contributed by atoms with Crippen LogP contribution in [0.2, 0.25) is 0 Å². The summed E-state index contributed by atoms with van der Waals surface area (Å²) >= 11 is 1.21. The maximum Gasteiger partial charge on any atom is 0.244 e. The Hall–Kier alpha value is -1.69. The van der Waals surface area contributed by atoms with Gasteiger partial charge in [0, 0.05) is 13.1 Å². The lowest BCUT2D eigenvalue weighted by Crippen LogP contribution is -2.43. The van der Waals surface area contributed by atoms with Crippen LogP contribution >= 0.6 is 11.3 Å². The molecule has 0 atom stereocenters. The lowest BCUT2D eigenvalue weighted by molar-refractivity contribution is -0.118. The zero-order valence-corrected chi connectivity index (χ0v) is 8.94. The van der Waals surface area contributed by atoms with Crippen LogP contribution in [0.5, 0.6) is 0 Å². The highest BCUT2D eigenvalue weighted by atomic mass is 32.1. The third kappa shape index (κ3) is 2.04. The van der Waals surface area contributed by atoms with Gasteiger partial charge in [0.2, 0.25) is 11.0 Å². The summed E-state index contributed by atoms with van der Waals surface area (Å²) in [5, 5.41) is 11.2. The number of hydrogen-bond donors (Lipinski definition) is 0. The van der Waals surface area contributed by atoms with E-state index in [2.05, 4.69) is 15.7 Å². The van der Waals surface area contributed by atoms with Gasteiger partial charge < -0.3 is 0 Å². The number of aromatic nitrogens is 2. The summed E-state index contributed by atoms with van der Waals surface area (Å²) in [7, 11) is 0. The highest BCUT2D eigenvalue weighted by Crippen LogP contribution is 2.19. The number of anilines is 1. The zero-order chi connectivity index (χ0) is 10.7. The zero-order valence-electron chi connectivity index (χ0n) is 8.12. The van der Waals surface area contributed by atoms with E-state index in [9.17, 15) is 4.79 Å². The molecule has 0 bridgehead atoms. The molecule has 77 valence electrons. The molecule has 1 aliphatic rings. The molecule has 15 heavy (non-hydrogen) atoms. The van der Waals surface area contributed by atoms with Gasteiger partial charge in [-0.05, 0) is 6.08 Å². The molecule has 6 heteroatoms. The van der Waals surface area contributed by atoms with Crippen molar-refractivity contribution in [1.29, 1.82) is 0 Å². The summed E-state index contributed by atoms with van der Waals surface area (Å²) in [5.41, 5.74) is 2.62. The highest BCUT2D eigenvalue weighted by Gasteiger charge is 2.20. The van der Waals surface area contributed by atoms with Crippen LogP contribution in [0.4, 0.5) is 5.13 Å². The van der Waals surface area contributed by atoms with E-state index in [1.807, 2.05) is 24.4 Å². The van der Waals surface area contributed by atoms with E-state index in [4.69, 9.17) is 0 Å². The first-order chi connectivity index (χ1) is 7.29. The molecule has 1 aromatic heterocycles. The Morgan fingerprint density at radius 2 is 2.53 bits per heavy atom. The van der Waals surface area contributed by atoms with Crippen LogP contribution < -0.4 is 5.01 Å². The second kappa shape index (κ2) is 4.22. The van der Waals surface area contributed by atoms with E-state index in [1.165, 1.54) is 23.3 Å². The smallest absolute Gasteiger partial charge is 0.244 e. The fourth-order valence-corrected chi connectivity index (χ4v) is 1.83. The Bertz CT molecular complexity index is 398. The van der Waals surface area contributed by atoms with Crippen molar-refractivity contribution in [3.63, 3.8) is 0 Å². The monoisotopic (exact) mass is 221 g/mol. The molecule has 0 aromatic carbocycles. The van der Waals surface area contributed by atoms with E-state index >= 15 is 0 Å². The Labute approximate surface area is 91.3 Å². The van der Waals surface area contributed by atoms with Crippen LogP contribution in [0.1, 0.15) is 6.92 Å². The summed E-state index contributed by atoms with van der Waals surface area (Å²) in [6.45, 7) is 2.14. The molecule has 2 heterocycles. The molecule has 1 aromatic rings. The summed E-state index contributed by atoms with van der Waals surface area (Å²) in [4.78, 5) is 11.5. The molecule has 0 fully saturated rings. The third-order valence-electron chi connectivity index (χ3n) is 1.85. The van der Waals surface area contributed by atoms with Crippen molar-refractivity contribution in [2.75, 3.05) is 11.6 Å². The van der Waals surface area contributed by atoms with Gasteiger partial charge >= 0.3 is 0 Å². The normalized spacial score (nSPS) is 14.3. The summed E-state index contributed by atoms with van der Waals surface area (Å²) in [5.74, 6) is -0.0971. The number of nitrogens with zero attached hydrogens (tertiary/aromatic N) is 4. The molecule has 1 amide bonds. The van der Waals surface area contributed by atoms with Gasteiger partial charge in [-0.15, -0.1) is 10.2 Å². The SMILES string of the molecule is CC(=O)N(c1nn[c]s1)N1C=CC=CC1. The van der Waals surface area contributed by atoms with Crippen molar-refractivity contribution in [3.05, 3.63) is 29.9 Å². The lowest BCUT2D eigenvalue weighted by atomic mass is 10.4. The van der Waals surface area contributed by atoms with E-state index in [0.29, 0.717) is 11.7 Å². The van der Waals surface area contributed by atoms with Crippen LogP contribution in [-0.2, 0) is 4.79 Å². The highest BCUT2D eigenvalue weighted by molar-refractivity contribution is 7.13. The maximum atomic E-state index is 11.5. The van der Waals surface area contributed by atoms with E-state index < -0.39 is 0 Å². The summed E-state index contributed by atoms with van der Waals surface area (Å²) < 4.78 is 0. The molecule has 0 saturated carbocycles. The number of carbonyl (C=O) groups is 1. The number of allylic oxidation sites excluding steroid dienone is 2. The molecule has 0 N–H and O–H groups in total. The minimum absolute atomic E-state index is 0.0971. The maximum absolute atomic E-state index is 11.5. The van der Waals surface area contributed by atoms with E-state index in [-0.39, 0.29) is 5.91 Å². The number of hydrazine groups is 1. The van der Waals surface area contributed by atoms with Crippen molar-refractivity contribution < 1.29 is 4.79 Å². The van der Waals surface area contributed by atoms with Gasteiger partial charge in [0.05, 0.1) is 6.54 Å². The van der Waals surface area contributed by atoms with Crippen molar-refractivity contribution in [2.24, 2.45) is 0 Å². The van der Waals surface area contributed by atoms with Crippen molar-refractivity contribution in [1.82, 2.24) is 15.2 Å². The molecule has 0 unspecified atom stereocenters. The van der Waals surface area contributed by atoms with Gasteiger partial charge in [-0.2, -0.15) is 5.01 Å². The fourth-order valence-electron chi connectivity index (χ4n) is 1.26. The lowest BCUT2D eigenvalue weighted by Gasteiger charge is -2.30. The summed E-state index contributed by atoms with van der Waals surface area (Å²) in [6.07, 6.45) is 7.58. The molecule has 1 aliphatic heterocycles. The Kier molecular flexibility index (Phi) is 2.77. The standard InChI is InChI=1S/C9H9N4OS/c1-8(14)13(9-11-10-7-15-9)12-5-3-2-4-6-12/h2-5H,6H2,1H3. The first-order valence-corrected chi connectivity index (χ1v) is 5.21. The minimum atomic E-state index is -0.0971. The Balaban J connectivity index is 2.24. The second-order valence-corrected chi connectivity index (χ2v) is 3.65. The minimum Gasteiger partial charge on any atom is -0.280 e. The summed E-state index contributed by atoms with van der Waals surface area (Å²) in [6, 6.07) is 0. The van der Waals surface area contributed by atoms with Crippen LogP contribution in [0, 0.1) is 5.51 Å². The van der Waals surface area contributed by atoms with Gasteiger partial charge in [-0.25, -0.2) is 0 Å². The van der Waals surface area contributed by atoms with Gasteiger partial charge in [-0.3, -0.25) is 9.80 Å². The Morgan fingerprint density at radius 1 is 1.67 bits per heavy atom. The van der Waals surface area contributed by atoms with Crippen LogP contribution in [0.25, 0.3) is 0 Å². The molecular formula is C9H9N4OS. The van der Waals surface area contributed by atoms with Crippen LogP contribution in [0.15, 0.2) is 24.4 Å². The third-order valence-corrected chi connectivity index (χ3v) is 2.46. The molecular weight excluding hydrogens is 212 g/mol. The number of amides is 1. The van der Waals surface area contributed by atoms with Crippen LogP contribution in [-0.4, -0.2) is 27.7 Å². The molecule has 1 radical (unpaired) electrons. The molecule has 0 aliphatic carbocycles. The van der Waals surface area contributed by atoms with Crippen LogP contribution in [0.3, 0.4) is 0 Å². The number of carbonyl (C=O) groups excluding carboxylic acids is 1. The predicted octanol–water partition coefficient (Wildman–Crippen LogP) is 0.992. The average Bonchev–Trinajstić information content (AvgIpc) is 2.72. The van der Waals surface area contributed by atoms with Gasteiger partial charge in [-0.1, -0.05) is 23.5 Å². The average molecular weight is 221 g/mol. The van der Waals surface area contributed by atoms with Crippen molar-refractivity contribution >= 4 is 22.4 Å². The molecule has 5 nitrogen and oxygen atoms in total. The topological polar surface area (TPSA) is 49.3 Å². The Morgan fingerprint density at radius 3 is 3.07 bits per heavy atom. The van der Waals surface area contributed by atoms with Crippen molar-refractivity contribution in [3.8, 4) is 0 Å². The van der Waals surface area contributed by atoms with E-state index in [0.717, 1.165) is 0 Å². The molecule has 0 spiro atoms. The predicted molar refractivity (Wildman–Crippen MR) is 56.9 cm³/mol. The second-order valence-electron chi connectivity index (χ2n) is 2.90. The largest absolute Gasteiger partial charge is 0.280 e. The quantitative estimate of drug-likeness (QED) is 0.747. The van der Waals surface area contributed by atoms with Gasteiger partial charge in [0.1, 0.15) is 0 Å².